The molecule has 0 aliphatic carbocycles. The molecule has 2 aliphatic heterocycles. The fourth-order valence-corrected chi connectivity index (χ4v) is 2.83. The minimum Gasteiger partial charge on any atom is -0.481 e. The predicted molar refractivity (Wildman–Crippen MR) is 67.2 cm³/mol. The molecule has 1 unspecified atom stereocenters. The summed E-state index contributed by atoms with van der Waals surface area (Å²) >= 11 is 0. The van der Waals surface area contributed by atoms with Gasteiger partial charge in [0.15, 0.2) is 0 Å². The zero-order valence-electron chi connectivity index (χ0n) is 11.2. The minimum absolute atomic E-state index is 0.115. The normalized spacial score (nSPS) is 28.3. The molecule has 0 saturated carbocycles. The number of carbonyl (C=O) groups is 2. The number of aliphatic carboxylic acids is 1. The Morgan fingerprint density at radius 2 is 1.83 bits per heavy atom. The Balaban J connectivity index is 1.90. The second-order valence-corrected chi connectivity index (χ2v) is 5.94. The quantitative estimate of drug-likeness (QED) is 0.786. The van der Waals surface area contributed by atoms with Crippen molar-refractivity contribution in [2.75, 3.05) is 33.2 Å². The van der Waals surface area contributed by atoms with Crippen molar-refractivity contribution in [3.05, 3.63) is 0 Å². The molecule has 0 aromatic carbocycles. The van der Waals surface area contributed by atoms with Crippen molar-refractivity contribution >= 4 is 11.9 Å². The van der Waals surface area contributed by atoms with Crippen molar-refractivity contribution in [1.82, 2.24) is 9.80 Å². The van der Waals surface area contributed by atoms with Crippen LogP contribution in [0.3, 0.4) is 0 Å². The van der Waals surface area contributed by atoms with Gasteiger partial charge in [-0.1, -0.05) is 0 Å². The molecule has 0 aromatic rings. The Labute approximate surface area is 108 Å². The number of likely N-dealkylation sites (tertiary alicyclic amines) is 2. The maximum absolute atomic E-state index is 12.3. The summed E-state index contributed by atoms with van der Waals surface area (Å²) < 4.78 is 0. The first-order chi connectivity index (χ1) is 8.42. The third-order valence-corrected chi connectivity index (χ3v) is 4.44. The lowest BCUT2D eigenvalue weighted by Gasteiger charge is -2.37. The molecule has 0 spiro atoms. The van der Waals surface area contributed by atoms with Crippen LogP contribution in [0.2, 0.25) is 0 Å². The van der Waals surface area contributed by atoms with E-state index in [1.807, 2.05) is 11.9 Å². The average Bonchev–Trinajstić information content (AvgIpc) is 2.76. The number of hydrogen-bond acceptors (Lipinski definition) is 3. The standard InChI is InChI=1S/C13H22N2O3/c1-13(12(17)18)4-7-15(8-5-13)11(16)10-3-6-14(2)9-10/h10H,3-9H2,1-2H3,(H,17,18). The zero-order valence-corrected chi connectivity index (χ0v) is 11.2. The number of piperidine rings is 1. The van der Waals surface area contributed by atoms with Crippen molar-refractivity contribution in [1.29, 1.82) is 0 Å². The number of carbonyl (C=O) groups excluding carboxylic acids is 1. The summed E-state index contributed by atoms with van der Waals surface area (Å²) in [6.07, 6.45) is 2.06. The summed E-state index contributed by atoms with van der Waals surface area (Å²) in [5, 5.41) is 9.16. The maximum Gasteiger partial charge on any atom is 0.309 e. The second kappa shape index (κ2) is 4.88. The number of amides is 1. The van der Waals surface area contributed by atoms with Gasteiger partial charge in [0.25, 0.3) is 0 Å². The highest BCUT2D eigenvalue weighted by molar-refractivity contribution is 5.80. The molecule has 2 saturated heterocycles. The fourth-order valence-electron chi connectivity index (χ4n) is 2.83. The molecule has 1 amide bonds. The molecule has 0 radical (unpaired) electrons. The van der Waals surface area contributed by atoms with Gasteiger partial charge in [-0.25, -0.2) is 0 Å². The molecule has 2 heterocycles. The van der Waals surface area contributed by atoms with E-state index in [-0.39, 0.29) is 11.8 Å². The first kappa shape index (κ1) is 13.3. The number of rotatable bonds is 2. The van der Waals surface area contributed by atoms with Crippen LogP contribution < -0.4 is 0 Å². The smallest absolute Gasteiger partial charge is 0.309 e. The molecule has 102 valence electrons. The van der Waals surface area contributed by atoms with Gasteiger partial charge < -0.3 is 14.9 Å². The summed E-state index contributed by atoms with van der Waals surface area (Å²) in [4.78, 5) is 27.5. The van der Waals surface area contributed by atoms with Crippen molar-refractivity contribution in [3.63, 3.8) is 0 Å². The van der Waals surface area contributed by atoms with Crippen LogP contribution >= 0.6 is 0 Å². The van der Waals surface area contributed by atoms with Crippen LogP contribution in [0, 0.1) is 11.3 Å². The largest absolute Gasteiger partial charge is 0.481 e. The first-order valence-corrected chi connectivity index (χ1v) is 6.63. The van der Waals surface area contributed by atoms with Crippen LogP contribution in [-0.4, -0.2) is 60.0 Å². The van der Waals surface area contributed by atoms with E-state index in [1.54, 1.807) is 6.92 Å². The van der Waals surface area contributed by atoms with E-state index < -0.39 is 11.4 Å². The topological polar surface area (TPSA) is 60.9 Å². The highest BCUT2D eigenvalue weighted by Crippen LogP contribution is 2.32. The number of carboxylic acid groups (broad SMARTS) is 1. The molecule has 5 heteroatoms. The van der Waals surface area contributed by atoms with Crippen LogP contribution in [-0.2, 0) is 9.59 Å². The molecule has 5 nitrogen and oxygen atoms in total. The van der Waals surface area contributed by atoms with E-state index in [4.69, 9.17) is 5.11 Å². The van der Waals surface area contributed by atoms with Crippen LogP contribution in [0.1, 0.15) is 26.2 Å². The van der Waals surface area contributed by atoms with E-state index in [2.05, 4.69) is 4.90 Å². The van der Waals surface area contributed by atoms with Gasteiger partial charge in [-0.15, -0.1) is 0 Å². The van der Waals surface area contributed by atoms with Crippen LogP contribution in [0.5, 0.6) is 0 Å². The molecule has 1 atom stereocenters. The van der Waals surface area contributed by atoms with Gasteiger partial charge in [-0.3, -0.25) is 9.59 Å². The lowest BCUT2D eigenvalue weighted by Crippen LogP contribution is -2.47. The Morgan fingerprint density at radius 3 is 2.28 bits per heavy atom. The van der Waals surface area contributed by atoms with E-state index in [9.17, 15) is 9.59 Å². The van der Waals surface area contributed by atoms with Gasteiger partial charge in [0, 0.05) is 19.6 Å². The van der Waals surface area contributed by atoms with Gasteiger partial charge in [-0.05, 0) is 39.8 Å². The Bertz CT molecular complexity index is 348. The lowest BCUT2D eigenvalue weighted by molar-refractivity contribution is -0.153. The first-order valence-electron chi connectivity index (χ1n) is 6.63. The van der Waals surface area contributed by atoms with E-state index in [0.29, 0.717) is 25.9 Å². The Kier molecular flexibility index (Phi) is 3.61. The Hall–Kier alpha value is -1.10. The monoisotopic (exact) mass is 254 g/mol. The van der Waals surface area contributed by atoms with Gasteiger partial charge in [-0.2, -0.15) is 0 Å². The predicted octanol–water partition coefficient (Wildman–Crippen LogP) is 0.651. The zero-order chi connectivity index (χ0) is 13.3. The van der Waals surface area contributed by atoms with Gasteiger partial charge >= 0.3 is 5.97 Å². The number of nitrogens with zero attached hydrogens (tertiary/aromatic N) is 2. The molecule has 18 heavy (non-hydrogen) atoms. The number of carboxylic acids is 1. The van der Waals surface area contributed by atoms with Gasteiger partial charge in [0.05, 0.1) is 11.3 Å². The van der Waals surface area contributed by atoms with Crippen LogP contribution in [0.25, 0.3) is 0 Å². The average molecular weight is 254 g/mol. The van der Waals surface area contributed by atoms with E-state index >= 15 is 0 Å². The third kappa shape index (κ3) is 2.51. The molecule has 2 rings (SSSR count). The molecular formula is C13H22N2O3. The van der Waals surface area contributed by atoms with Crippen molar-refractivity contribution in [3.8, 4) is 0 Å². The molecule has 0 aromatic heterocycles. The summed E-state index contributed by atoms with van der Waals surface area (Å²) in [5.41, 5.74) is -0.650. The van der Waals surface area contributed by atoms with Crippen LogP contribution in [0.15, 0.2) is 0 Å². The maximum atomic E-state index is 12.3. The van der Waals surface area contributed by atoms with Crippen molar-refractivity contribution < 1.29 is 14.7 Å². The fraction of sp³-hybridized carbons (Fsp3) is 0.846. The van der Waals surface area contributed by atoms with E-state index in [0.717, 1.165) is 19.5 Å². The molecule has 2 fully saturated rings. The van der Waals surface area contributed by atoms with Gasteiger partial charge in [0.1, 0.15) is 0 Å². The Morgan fingerprint density at radius 1 is 1.22 bits per heavy atom. The summed E-state index contributed by atoms with van der Waals surface area (Å²) in [7, 11) is 2.03. The number of hydrogen-bond donors (Lipinski definition) is 1. The minimum atomic E-state index is -0.741. The highest BCUT2D eigenvalue weighted by Gasteiger charge is 2.39. The van der Waals surface area contributed by atoms with E-state index in [1.165, 1.54) is 0 Å². The van der Waals surface area contributed by atoms with Crippen LogP contribution in [0.4, 0.5) is 0 Å². The second-order valence-electron chi connectivity index (χ2n) is 5.94. The summed E-state index contributed by atoms with van der Waals surface area (Å²) in [6.45, 7) is 4.77. The molecule has 2 aliphatic rings. The summed E-state index contributed by atoms with van der Waals surface area (Å²) in [5.74, 6) is -0.411. The summed E-state index contributed by atoms with van der Waals surface area (Å²) in [6, 6.07) is 0. The lowest BCUT2D eigenvalue weighted by atomic mass is 9.80. The highest BCUT2D eigenvalue weighted by atomic mass is 16.4. The third-order valence-electron chi connectivity index (χ3n) is 4.44. The molecule has 0 bridgehead atoms. The molecule has 1 N–H and O–H groups in total. The van der Waals surface area contributed by atoms with Crippen molar-refractivity contribution in [2.24, 2.45) is 11.3 Å². The van der Waals surface area contributed by atoms with Crippen molar-refractivity contribution in [2.45, 2.75) is 26.2 Å². The van der Waals surface area contributed by atoms with Gasteiger partial charge in [0.2, 0.25) is 5.91 Å². The molecular weight excluding hydrogens is 232 g/mol. The SMILES string of the molecule is CN1CCC(C(=O)N2CCC(C)(C(=O)O)CC2)C1.